The lowest BCUT2D eigenvalue weighted by Gasteiger charge is -2.04. The third-order valence-electron chi connectivity index (χ3n) is 1.34. The Hall–Kier alpha value is 0.910. The van der Waals surface area contributed by atoms with Gasteiger partial charge in [0, 0.05) is 12.9 Å². The molecule has 1 rings (SSSR count). The Balaban J connectivity index is 3.08. The molecule has 60 valence electrons. The molecular formula is C8H7Br2I. The molecule has 0 saturated carbocycles. The third kappa shape index (κ3) is 3.03. The fraction of sp³-hybridized carbons (Fsp3) is 0.250. The Bertz CT molecular complexity index is 238. The predicted octanol–water partition coefficient (Wildman–Crippen LogP) is 4.51. The number of halogens is 3. The van der Waals surface area contributed by atoms with Crippen LogP contribution >= 0.6 is 54.5 Å². The molecule has 0 bridgehead atoms. The summed E-state index contributed by atoms with van der Waals surface area (Å²) in [5.41, 5.74) is 1.31. The van der Waals surface area contributed by atoms with Gasteiger partial charge in [-0.3, -0.25) is 0 Å². The van der Waals surface area contributed by atoms with Crippen LogP contribution in [-0.2, 0) is 0 Å². The van der Waals surface area contributed by atoms with Crippen molar-refractivity contribution in [3.63, 3.8) is 0 Å². The molecule has 1 aromatic carbocycles. The molecule has 0 saturated heterocycles. The van der Waals surface area contributed by atoms with Crippen molar-refractivity contribution >= 4 is 54.5 Å². The first kappa shape index (κ1) is 9.99. The smallest absolute Gasteiger partial charge is 0.0367 e. The second-order valence-electron chi connectivity index (χ2n) is 2.32. The van der Waals surface area contributed by atoms with E-state index in [1.807, 2.05) is 0 Å². The molecule has 0 N–H and O–H groups in total. The van der Waals surface area contributed by atoms with Crippen molar-refractivity contribution in [1.82, 2.24) is 0 Å². The standard InChI is InChI=1S/C8H7Br2I/c1-5(9)6-2-7(10)4-8(11)3-6/h2-5H,1H3. The zero-order valence-corrected chi connectivity index (χ0v) is 11.3. The molecule has 1 atom stereocenters. The van der Waals surface area contributed by atoms with Gasteiger partial charge in [-0.25, -0.2) is 0 Å². The van der Waals surface area contributed by atoms with Gasteiger partial charge in [-0.1, -0.05) is 31.9 Å². The summed E-state index contributed by atoms with van der Waals surface area (Å²) in [6.45, 7) is 2.12. The van der Waals surface area contributed by atoms with Gasteiger partial charge in [-0.05, 0) is 53.3 Å². The highest BCUT2D eigenvalue weighted by Gasteiger charge is 2.02. The molecule has 1 aromatic rings. The zero-order chi connectivity index (χ0) is 8.43. The minimum Gasteiger partial charge on any atom is -0.0842 e. The number of hydrogen-bond donors (Lipinski definition) is 0. The molecular weight excluding hydrogens is 383 g/mol. The van der Waals surface area contributed by atoms with Gasteiger partial charge in [-0.2, -0.15) is 0 Å². The molecule has 0 fully saturated rings. The van der Waals surface area contributed by atoms with E-state index in [0.29, 0.717) is 4.83 Å². The maximum Gasteiger partial charge on any atom is 0.0367 e. The van der Waals surface area contributed by atoms with E-state index < -0.39 is 0 Å². The monoisotopic (exact) mass is 388 g/mol. The summed E-state index contributed by atoms with van der Waals surface area (Å²) in [4.78, 5) is 0.425. The Kier molecular flexibility index (Phi) is 3.85. The Morgan fingerprint density at radius 1 is 1.36 bits per heavy atom. The van der Waals surface area contributed by atoms with Crippen LogP contribution < -0.4 is 0 Å². The van der Waals surface area contributed by atoms with E-state index in [-0.39, 0.29) is 0 Å². The van der Waals surface area contributed by atoms with Crippen molar-refractivity contribution in [2.75, 3.05) is 0 Å². The van der Waals surface area contributed by atoms with E-state index in [1.54, 1.807) is 0 Å². The van der Waals surface area contributed by atoms with E-state index in [4.69, 9.17) is 0 Å². The van der Waals surface area contributed by atoms with Gasteiger partial charge in [0.15, 0.2) is 0 Å². The molecule has 0 amide bonds. The van der Waals surface area contributed by atoms with Crippen LogP contribution in [0.15, 0.2) is 22.7 Å². The van der Waals surface area contributed by atoms with Gasteiger partial charge >= 0.3 is 0 Å². The average molecular weight is 390 g/mol. The summed E-state index contributed by atoms with van der Waals surface area (Å²) in [5, 5.41) is 0. The number of alkyl halides is 1. The van der Waals surface area contributed by atoms with E-state index in [9.17, 15) is 0 Å². The Morgan fingerprint density at radius 2 is 2.00 bits per heavy atom. The molecule has 0 spiro atoms. The average Bonchev–Trinajstić information content (AvgIpc) is 1.85. The van der Waals surface area contributed by atoms with Crippen molar-refractivity contribution in [2.24, 2.45) is 0 Å². The molecule has 0 radical (unpaired) electrons. The third-order valence-corrected chi connectivity index (χ3v) is 2.95. The van der Waals surface area contributed by atoms with Crippen molar-refractivity contribution in [3.05, 3.63) is 31.8 Å². The van der Waals surface area contributed by atoms with Gasteiger partial charge < -0.3 is 0 Å². The van der Waals surface area contributed by atoms with Crippen molar-refractivity contribution in [1.29, 1.82) is 0 Å². The molecule has 0 aliphatic rings. The first-order valence-electron chi connectivity index (χ1n) is 3.19. The van der Waals surface area contributed by atoms with E-state index in [0.717, 1.165) is 4.47 Å². The highest BCUT2D eigenvalue weighted by Crippen LogP contribution is 2.26. The van der Waals surface area contributed by atoms with Gasteiger partial charge in [-0.15, -0.1) is 0 Å². The van der Waals surface area contributed by atoms with Crippen LogP contribution in [0.5, 0.6) is 0 Å². The van der Waals surface area contributed by atoms with Crippen LogP contribution in [0.3, 0.4) is 0 Å². The molecule has 0 aliphatic heterocycles. The van der Waals surface area contributed by atoms with Crippen LogP contribution in [0.4, 0.5) is 0 Å². The molecule has 1 unspecified atom stereocenters. The van der Waals surface area contributed by atoms with E-state index >= 15 is 0 Å². The summed E-state index contributed by atoms with van der Waals surface area (Å²) in [7, 11) is 0. The first-order chi connectivity index (χ1) is 5.09. The lowest BCUT2D eigenvalue weighted by molar-refractivity contribution is 1.12. The van der Waals surface area contributed by atoms with Crippen molar-refractivity contribution in [2.45, 2.75) is 11.8 Å². The van der Waals surface area contributed by atoms with Crippen molar-refractivity contribution in [3.8, 4) is 0 Å². The number of rotatable bonds is 1. The summed E-state index contributed by atoms with van der Waals surface area (Å²) in [5.74, 6) is 0. The fourth-order valence-corrected chi connectivity index (χ4v) is 2.70. The molecule has 3 heteroatoms. The summed E-state index contributed by atoms with van der Waals surface area (Å²) >= 11 is 9.30. The Morgan fingerprint density at radius 3 is 2.45 bits per heavy atom. The van der Waals surface area contributed by atoms with Gasteiger partial charge in [0.25, 0.3) is 0 Å². The molecule has 11 heavy (non-hydrogen) atoms. The number of hydrogen-bond acceptors (Lipinski definition) is 0. The van der Waals surface area contributed by atoms with Crippen LogP contribution in [-0.4, -0.2) is 0 Å². The van der Waals surface area contributed by atoms with Crippen molar-refractivity contribution < 1.29 is 0 Å². The molecule has 0 nitrogen and oxygen atoms in total. The lowest BCUT2D eigenvalue weighted by atomic mass is 10.2. The summed E-state index contributed by atoms with van der Waals surface area (Å²) in [6, 6.07) is 6.39. The predicted molar refractivity (Wildman–Crippen MR) is 64.2 cm³/mol. The van der Waals surface area contributed by atoms with Crippen LogP contribution in [0.1, 0.15) is 17.3 Å². The Labute approximate surface area is 97.2 Å². The summed E-state index contributed by atoms with van der Waals surface area (Å²) < 4.78 is 2.41. The fourth-order valence-electron chi connectivity index (χ4n) is 0.805. The maximum atomic E-state index is 3.53. The largest absolute Gasteiger partial charge is 0.0842 e. The second-order valence-corrected chi connectivity index (χ2v) is 5.85. The topological polar surface area (TPSA) is 0 Å². The molecule has 0 aromatic heterocycles. The second kappa shape index (κ2) is 4.23. The normalized spacial score (nSPS) is 13.1. The van der Waals surface area contributed by atoms with Crippen LogP contribution in [0, 0.1) is 3.57 Å². The van der Waals surface area contributed by atoms with Gasteiger partial charge in [0.05, 0.1) is 0 Å². The van der Waals surface area contributed by atoms with Crippen LogP contribution in [0.25, 0.3) is 0 Å². The first-order valence-corrected chi connectivity index (χ1v) is 5.98. The molecule has 0 aliphatic carbocycles. The minimum absolute atomic E-state index is 0.425. The lowest BCUT2D eigenvalue weighted by Crippen LogP contribution is -1.84. The van der Waals surface area contributed by atoms with E-state index in [1.165, 1.54) is 9.13 Å². The maximum absolute atomic E-state index is 3.53. The number of benzene rings is 1. The van der Waals surface area contributed by atoms with Gasteiger partial charge in [0.2, 0.25) is 0 Å². The SMILES string of the molecule is CC(Br)c1cc(Br)cc(I)c1. The highest BCUT2D eigenvalue weighted by molar-refractivity contribution is 14.1. The minimum atomic E-state index is 0.425. The highest BCUT2D eigenvalue weighted by atomic mass is 127. The van der Waals surface area contributed by atoms with Crippen LogP contribution in [0.2, 0.25) is 0 Å². The molecule has 0 heterocycles. The van der Waals surface area contributed by atoms with E-state index in [2.05, 4.69) is 79.6 Å². The zero-order valence-electron chi connectivity index (χ0n) is 5.94. The quantitative estimate of drug-likeness (QED) is 0.489. The summed E-state index contributed by atoms with van der Waals surface area (Å²) in [6.07, 6.45) is 0. The van der Waals surface area contributed by atoms with Gasteiger partial charge in [0.1, 0.15) is 0 Å².